The van der Waals surface area contributed by atoms with Crippen LogP contribution in [-0.4, -0.2) is 52.0 Å². The van der Waals surface area contributed by atoms with Crippen molar-refractivity contribution in [3.05, 3.63) is 31.9 Å². The van der Waals surface area contributed by atoms with Crippen LogP contribution in [0.1, 0.15) is 56.7 Å². The molecule has 0 N–H and O–H groups in total. The third-order valence-electron chi connectivity index (χ3n) is 6.89. The fraction of sp³-hybridized carbons (Fsp3) is 0.600. The van der Waals surface area contributed by atoms with Crippen LogP contribution in [0.25, 0.3) is 6.08 Å². The van der Waals surface area contributed by atoms with E-state index in [0.717, 1.165) is 50.3 Å². The summed E-state index contributed by atoms with van der Waals surface area (Å²) >= 11 is 6.82. The van der Waals surface area contributed by atoms with Crippen LogP contribution in [0.5, 0.6) is 0 Å². The standard InChI is InChI=1S/C25H32N4O3S2/c1-5-28-22(27-12-15(2)9-16(3)13-27)19(17(4)20(11-26)23(28)30)10-21-24(31)29(25(33)34-21)14-18-7-6-8-32-18/h10,15-16,18H,5-9,12-14H2,1-4H3. The highest BCUT2D eigenvalue weighted by Gasteiger charge is 2.36. The predicted octanol–water partition coefficient (Wildman–Crippen LogP) is 3.91. The maximum Gasteiger partial charge on any atom is 0.270 e. The molecule has 0 aliphatic carbocycles. The van der Waals surface area contributed by atoms with Crippen molar-refractivity contribution in [1.82, 2.24) is 9.47 Å². The largest absolute Gasteiger partial charge is 0.376 e. The number of carbonyl (C=O) groups excluding carboxylic acids is 1. The number of aromatic nitrogens is 1. The first-order chi connectivity index (χ1) is 16.2. The number of anilines is 1. The topological polar surface area (TPSA) is 78.6 Å². The minimum atomic E-state index is -0.272. The van der Waals surface area contributed by atoms with Crippen LogP contribution in [0.2, 0.25) is 0 Å². The van der Waals surface area contributed by atoms with Gasteiger partial charge in [-0.15, -0.1) is 0 Å². The summed E-state index contributed by atoms with van der Waals surface area (Å²) in [6, 6.07) is 2.10. The van der Waals surface area contributed by atoms with Crippen LogP contribution in [0.15, 0.2) is 9.70 Å². The summed E-state index contributed by atoms with van der Waals surface area (Å²) in [5, 5.41) is 9.77. The van der Waals surface area contributed by atoms with Gasteiger partial charge in [0.1, 0.15) is 21.8 Å². The second-order valence-electron chi connectivity index (χ2n) is 9.68. The SMILES string of the molecule is CCn1c(N2CC(C)CC(C)C2)c(C=C2SC(=S)N(CC3CCCO3)C2=O)c(C)c(C#N)c1=O. The second kappa shape index (κ2) is 10.2. The summed E-state index contributed by atoms with van der Waals surface area (Å²) in [6.07, 6.45) is 4.93. The van der Waals surface area contributed by atoms with Gasteiger partial charge >= 0.3 is 0 Å². The van der Waals surface area contributed by atoms with Gasteiger partial charge in [-0.1, -0.05) is 37.8 Å². The van der Waals surface area contributed by atoms with E-state index in [-0.39, 0.29) is 23.1 Å². The second-order valence-corrected chi connectivity index (χ2v) is 11.4. The molecule has 0 aromatic carbocycles. The Bertz CT molecular complexity index is 1120. The van der Waals surface area contributed by atoms with E-state index in [1.54, 1.807) is 16.4 Å². The minimum absolute atomic E-state index is 0.0164. The fourth-order valence-electron chi connectivity index (χ4n) is 5.39. The molecule has 182 valence electrons. The van der Waals surface area contributed by atoms with E-state index in [1.165, 1.54) is 11.8 Å². The van der Waals surface area contributed by atoms with Crippen LogP contribution >= 0.6 is 24.0 Å². The van der Waals surface area contributed by atoms with E-state index in [2.05, 4.69) is 24.8 Å². The molecule has 34 heavy (non-hydrogen) atoms. The Morgan fingerprint density at radius 3 is 2.56 bits per heavy atom. The molecule has 1 amide bonds. The molecule has 4 rings (SSSR count). The van der Waals surface area contributed by atoms with Crippen molar-refractivity contribution in [2.75, 3.05) is 31.1 Å². The number of rotatable bonds is 5. The third kappa shape index (κ3) is 4.68. The number of pyridine rings is 1. The van der Waals surface area contributed by atoms with Gasteiger partial charge in [-0.25, -0.2) is 0 Å². The Hall–Kier alpha value is -2.15. The minimum Gasteiger partial charge on any atom is -0.376 e. The Morgan fingerprint density at radius 2 is 1.97 bits per heavy atom. The molecule has 1 aromatic heterocycles. The van der Waals surface area contributed by atoms with Gasteiger partial charge < -0.3 is 9.64 Å². The molecule has 0 saturated carbocycles. The van der Waals surface area contributed by atoms with Gasteiger partial charge in [-0.2, -0.15) is 5.26 Å². The summed E-state index contributed by atoms with van der Waals surface area (Å²) in [5.74, 6) is 1.63. The molecule has 4 heterocycles. The molecule has 0 bridgehead atoms. The molecule has 1 aromatic rings. The summed E-state index contributed by atoms with van der Waals surface area (Å²) in [7, 11) is 0. The average Bonchev–Trinajstić information content (AvgIpc) is 3.39. The molecule has 3 unspecified atom stereocenters. The van der Waals surface area contributed by atoms with E-state index in [9.17, 15) is 14.9 Å². The van der Waals surface area contributed by atoms with Crippen LogP contribution in [0.4, 0.5) is 5.82 Å². The van der Waals surface area contributed by atoms with Crippen molar-refractivity contribution in [2.24, 2.45) is 11.8 Å². The van der Waals surface area contributed by atoms with Gasteiger partial charge in [0, 0.05) is 31.8 Å². The number of piperidine rings is 1. The zero-order valence-corrected chi connectivity index (χ0v) is 21.9. The Balaban J connectivity index is 1.81. The van der Waals surface area contributed by atoms with E-state index in [0.29, 0.717) is 39.7 Å². The van der Waals surface area contributed by atoms with Crippen LogP contribution in [0.3, 0.4) is 0 Å². The molecule has 0 radical (unpaired) electrons. The van der Waals surface area contributed by atoms with Crippen molar-refractivity contribution in [2.45, 2.75) is 59.6 Å². The summed E-state index contributed by atoms with van der Waals surface area (Å²) in [4.78, 5) is 31.0. The van der Waals surface area contributed by atoms with E-state index >= 15 is 0 Å². The van der Waals surface area contributed by atoms with Gasteiger partial charge in [0.15, 0.2) is 0 Å². The number of nitriles is 1. The van der Waals surface area contributed by atoms with E-state index in [1.807, 2.05) is 13.0 Å². The Labute approximate surface area is 210 Å². The van der Waals surface area contributed by atoms with Gasteiger partial charge in [-0.05, 0) is 56.6 Å². The first kappa shape index (κ1) is 25.0. The van der Waals surface area contributed by atoms with Crippen molar-refractivity contribution >= 4 is 46.1 Å². The normalized spacial score (nSPS) is 26.6. The summed E-state index contributed by atoms with van der Waals surface area (Å²) in [6.45, 7) is 11.5. The van der Waals surface area contributed by atoms with Crippen molar-refractivity contribution < 1.29 is 9.53 Å². The lowest BCUT2D eigenvalue weighted by atomic mass is 9.91. The van der Waals surface area contributed by atoms with Gasteiger partial charge in [0.05, 0.1) is 17.6 Å². The predicted molar refractivity (Wildman–Crippen MR) is 140 cm³/mol. The lowest BCUT2D eigenvalue weighted by molar-refractivity contribution is -0.123. The first-order valence-electron chi connectivity index (χ1n) is 12.0. The van der Waals surface area contributed by atoms with Gasteiger partial charge in [-0.3, -0.25) is 19.1 Å². The molecule has 3 aliphatic heterocycles. The van der Waals surface area contributed by atoms with Crippen molar-refractivity contribution in [1.29, 1.82) is 5.26 Å². The van der Waals surface area contributed by atoms with Gasteiger partial charge in [0.2, 0.25) is 0 Å². The molecule has 7 nitrogen and oxygen atoms in total. The maximum absolute atomic E-state index is 13.3. The number of hydrogen-bond donors (Lipinski definition) is 0. The Kier molecular flexibility index (Phi) is 7.51. The number of nitrogens with zero attached hydrogens (tertiary/aromatic N) is 4. The zero-order valence-electron chi connectivity index (χ0n) is 20.3. The van der Waals surface area contributed by atoms with E-state index in [4.69, 9.17) is 17.0 Å². The molecule has 3 saturated heterocycles. The zero-order chi connectivity index (χ0) is 24.6. The van der Waals surface area contributed by atoms with Crippen molar-refractivity contribution in [3.63, 3.8) is 0 Å². The number of thioether (sulfide) groups is 1. The van der Waals surface area contributed by atoms with Crippen molar-refractivity contribution in [3.8, 4) is 6.07 Å². The lowest BCUT2D eigenvalue weighted by Gasteiger charge is -2.38. The van der Waals surface area contributed by atoms with Crippen LogP contribution < -0.4 is 10.5 Å². The summed E-state index contributed by atoms with van der Waals surface area (Å²) < 4.78 is 7.93. The lowest BCUT2D eigenvalue weighted by Crippen LogP contribution is -2.42. The number of ether oxygens (including phenoxy) is 1. The maximum atomic E-state index is 13.3. The molecule has 3 aliphatic rings. The highest BCUT2D eigenvalue weighted by molar-refractivity contribution is 8.26. The van der Waals surface area contributed by atoms with Crippen LogP contribution in [0, 0.1) is 30.1 Å². The molecule has 3 fully saturated rings. The monoisotopic (exact) mass is 500 g/mol. The van der Waals surface area contributed by atoms with Gasteiger partial charge in [0.25, 0.3) is 11.5 Å². The first-order valence-corrected chi connectivity index (χ1v) is 13.3. The van der Waals surface area contributed by atoms with Crippen LogP contribution in [-0.2, 0) is 16.1 Å². The molecular weight excluding hydrogens is 468 g/mol. The molecular formula is C25H32N4O3S2. The fourth-order valence-corrected chi connectivity index (χ4v) is 6.65. The Morgan fingerprint density at radius 1 is 1.26 bits per heavy atom. The number of thiocarbonyl (C=S) groups is 1. The molecule has 0 spiro atoms. The number of amides is 1. The molecule has 3 atom stereocenters. The summed E-state index contributed by atoms with van der Waals surface area (Å²) in [5.41, 5.74) is 1.23. The molecule has 9 heteroatoms. The average molecular weight is 501 g/mol. The highest BCUT2D eigenvalue weighted by Crippen LogP contribution is 2.37. The number of hydrogen-bond acceptors (Lipinski definition) is 7. The number of carbonyl (C=O) groups is 1. The van der Waals surface area contributed by atoms with E-state index < -0.39 is 0 Å². The quantitative estimate of drug-likeness (QED) is 0.448. The highest BCUT2D eigenvalue weighted by atomic mass is 32.2. The smallest absolute Gasteiger partial charge is 0.270 e. The third-order valence-corrected chi connectivity index (χ3v) is 8.27.